The molecule has 0 bridgehead atoms. The molecule has 0 heterocycles. The SMILES string of the molecule is COc1ccc([N+](=O)[O-])cc1NCC(=O)Nc1ccc(CC#N)cc1. The molecule has 0 saturated carbocycles. The number of nitrogens with zero attached hydrogens (tertiary/aromatic N) is 2. The van der Waals surface area contributed by atoms with Crippen LogP contribution in [0.4, 0.5) is 17.1 Å². The van der Waals surface area contributed by atoms with E-state index in [-0.39, 0.29) is 18.1 Å². The largest absolute Gasteiger partial charge is 0.495 e. The van der Waals surface area contributed by atoms with Crippen LogP contribution in [0.5, 0.6) is 5.75 Å². The highest BCUT2D eigenvalue weighted by Crippen LogP contribution is 2.28. The van der Waals surface area contributed by atoms with Gasteiger partial charge in [0.25, 0.3) is 5.69 Å². The summed E-state index contributed by atoms with van der Waals surface area (Å²) in [4.78, 5) is 22.3. The maximum Gasteiger partial charge on any atom is 0.271 e. The molecule has 1 amide bonds. The van der Waals surface area contributed by atoms with Crippen molar-refractivity contribution >= 4 is 23.0 Å². The molecule has 8 heteroatoms. The number of carbonyl (C=O) groups excluding carboxylic acids is 1. The van der Waals surface area contributed by atoms with Crippen LogP contribution in [-0.2, 0) is 11.2 Å². The Morgan fingerprint density at radius 1 is 1.28 bits per heavy atom. The number of anilines is 2. The Hall–Kier alpha value is -3.60. The van der Waals surface area contributed by atoms with Gasteiger partial charge < -0.3 is 15.4 Å². The molecule has 2 aromatic carbocycles. The maximum atomic E-state index is 12.0. The number of amides is 1. The predicted octanol–water partition coefficient (Wildman–Crippen LogP) is 2.72. The number of benzene rings is 2. The van der Waals surface area contributed by atoms with Crippen LogP contribution in [0.1, 0.15) is 5.56 Å². The van der Waals surface area contributed by atoms with Crippen molar-refractivity contribution in [2.45, 2.75) is 6.42 Å². The summed E-state index contributed by atoms with van der Waals surface area (Å²) in [6, 6.07) is 13.1. The van der Waals surface area contributed by atoms with Gasteiger partial charge in [0.15, 0.2) is 0 Å². The molecule has 0 unspecified atom stereocenters. The lowest BCUT2D eigenvalue weighted by Crippen LogP contribution is -2.22. The highest BCUT2D eigenvalue weighted by Gasteiger charge is 2.12. The van der Waals surface area contributed by atoms with E-state index in [1.54, 1.807) is 24.3 Å². The number of nitro benzene ring substituents is 1. The van der Waals surface area contributed by atoms with E-state index in [1.165, 1.54) is 25.3 Å². The van der Waals surface area contributed by atoms with Crippen molar-refractivity contribution in [2.24, 2.45) is 0 Å². The van der Waals surface area contributed by atoms with Gasteiger partial charge in [0.1, 0.15) is 5.75 Å². The number of nitriles is 1. The van der Waals surface area contributed by atoms with E-state index in [1.807, 2.05) is 6.07 Å². The van der Waals surface area contributed by atoms with Crippen LogP contribution in [-0.4, -0.2) is 24.5 Å². The standard InChI is InChI=1S/C17H16N4O4/c1-25-16-7-6-14(21(23)24)10-15(16)19-11-17(22)20-13-4-2-12(3-5-13)8-9-18/h2-7,10,19H,8,11H2,1H3,(H,20,22). The van der Waals surface area contributed by atoms with E-state index in [4.69, 9.17) is 10.00 Å². The van der Waals surface area contributed by atoms with Gasteiger partial charge in [0, 0.05) is 17.8 Å². The summed E-state index contributed by atoms with van der Waals surface area (Å²) in [6.07, 6.45) is 0.308. The van der Waals surface area contributed by atoms with Gasteiger partial charge in [-0.2, -0.15) is 5.26 Å². The molecular weight excluding hydrogens is 324 g/mol. The molecule has 0 aliphatic rings. The highest BCUT2D eigenvalue weighted by atomic mass is 16.6. The minimum Gasteiger partial charge on any atom is -0.495 e. The Balaban J connectivity index is 1.98. The molecule has 128 valence electrons. The normalized spacial score (nSPS) is 9.76. The molecule has 8 nitrogen and oxygen atoms in total. The van der Waals surface area contributed by atoms with Crippen molar-refractivity contribution in [3.63, 3.8) is 0 Å². The molecule has 25 heavy (non-hydrogen) atoms. The lowest BCUT2D eigenvalue weighted by atomic mass is 10.1. The Morgan fingerprint density at radius 3 is 2.60 bits per heavy atom. The average Bonchev–Trinajstić information content (AvgIpc) is 2.61. The summed E-state index contributed by atoms with van der Waals surface area (Å²) >= 11 is 0. The second kappa shape index (κ2) is 8.31. The molecule has 0 aliphatic carbocycles. The third kappa shape index (κ3) is 4.94. The minimum absolute atomic E-state index is 0.0858. The smallest absolute Gasteiger partial charge is 0.271 e. The first-order valence-corrected chi connectivity index (χ1v) is 7.35. The highest BCUT2D eigenvalue weighted by molar-refractivity contribution is 5.94. The van der Waals surface area contributed by atoms with Gasteiger partial charge in [0.2, 0.25) is 5.91 Å². The van der Waals surface area contributed by atoms with Crippen molar-refractivity contribution in [2.75, 3.05) is 24.3 Å². The molecule has 0 saturated heterocycles. The lowest BCUT2D eigenvalue weighted by molar-refractivity contribution is -0.384. The van der Waals surface area contributed by atoms with Crippen LogP contribution in [0.3, 0.4) is 0 Å². The van der Waals surface area contributed by atoms with Gasteiger partial charge >= 0.3 is 0 Å². The first kappa shape index (κ1) is 17.7. The Bertz CT molecular complexity index is 812. The second-order valence-electron chi connectivity index (χ2n) is 5.08. The third-order valence-corrected chi connectivity index (χ3v) is 3.35. The van der Waals surface area contributed by atoms with Gasteiger partial charge in [0.05, 0.1) is 36.8 Å². The summed E-state index contributed by atoms with van der Waals surface area (Å²) in [6.45, 7) is -0.0858. The monoisotopic (exact) mass is 340 g/mol. The zero-order valence-electron chi connectivity index (χ0n) is 13.5. The number of hydrogen-bond acceptors (Lipinski definition) is 6. The second-order valence-corrected chi connectivity index (χ2v) is 5.08. The number of nitro groups is 1. The van der Waals surface area contributed by atoms with Crippen molar-refractivity contribution in [1.29, 1.82) is 5.26 Å². The van der Waals surface area contributed by atoms with Crippen molar-refractivity contribution in [1.82, 2.24) is 0 Å². The molecule has 2 rings (SSSR count). The summed E-state index contributed by atoms with van der Waals surface area (Å²) in [5, 5.41) is 25.0. The zero-order valence-corrected chi connectivity index (χ0v) is 13.5. The van der Waals surface area contributed by atoms with E-state index in [0.29, 0.717) is 23.5 Å². The van der Waals surface area contributed by atoms with Gasteiger partial charge in [-0.3, -0.25) is 14.9 Å². The predicted molar refractivity (Wildman–Crippen MR) is 92.5 cm³/mol. The average molecular weight is 340 g/mol. The van der Waals surface area contributed by atoms with Crippen LogP contribution >= 0.6 is 0 Å². The Labute approximate surface area is 144 Å². The Morgan fingerprint density at radius 2 is 2.00 bits per heavy atom. The molecule has 0 atom stereocenters. The Kier molecular flexibility index (Phi) is 5.90. The third-order valence-electron chi connectivity index (χ3n) is 3.35. The van der Waals surface area contributed by atoms with Crippen LogP contribution in [0.2, 0.25) is 0 Å². The lowest BCUT2D eigenvalue weighted by Gasteiger charge is -2.11. The van der Waals surface area contributed by atoms with Crippen LogP contribution in [0.25, 0.3) is 0 Å². The van der Waals surface area contributed by atoms with E-state index < -0.39 is 4.92 Å². The fraction of sp³-hybridized carbons (Fsp3) is 0.176. The minimum atomic E-state index is -0.520. The molecule has 0 fully saturated rings. The topological polar surface area (TPSA) is 117 Å². The van der Waals surface area contributed by atoms with Gasteiger partial charge in [-0.25, -0.2) is 0 Å². The number of nitrogens with one attached hydrogen (secondary N) is 2. The summed E-state index contributed by atoms with van der Waals surface area (Å²) < 4.78 is 5.12. The number of rotatable bonds is 7. The zero-order chi connectivity index (χ0) is 18.2. The summed E-state index contributed by atoms with van der Waals surface area (Å²) in [7, 11) is 1.44. The van der Waals surface area contributed by atoms with E-state index >= 15 is 0 Å². The van der Waals surface area contributed by atoms with Crippen LogP contribution in [0.15, 0.2) is 42.5 Å². The van der Waals surface area contributed by atoms with Gasteiger partial charge in [-0.15, -0.1) is 0 Å². The first-order chi connectivity index (χ1) is 12.0. The van der Waals surface area contributed by atoms with Crippen LogP contribution in [0, 0.1) is 21.4 Å². The number of hydrogen-bond donors (Lipinski definition) is 2. The summed E-state index contributed by atoms with van der Waals surface area (Å²) in [5.41, 5.74) is 1.72. The maximum absolute atomic E-state index is 12.0. The van der Waals surface area contributed by atoms with Gasteiger partial charge in [-0.1, -0.05) is 12.1 Å². The number of carbonyl (C=O) groups is 1. The fourth-order valence-electron chi connectivity index (χ4n) is 2.13. The molecular formula is C17H16N4O4. The van der Waals surface area contributed by atoms with E-state index in [0.717, 1.165) is 5.56 Å². The van der Waals surface area contributed by atoms with Crippen molar-refractivity contribution < 1.29 is 14.5 Å². The molecule has 2 aromatic rings. The summed E-state index contributed by atoms with van der Waals surface area (Å²) in [5.74, 6) is 0.0841. The van der Waals surface area contributed by atoms with E-state index in [2.05, 4.69) is 10.6 Å². The molecule has 0 spiro atoms. The van der Waals surface area contributed by atoms with Crippen molar-refractivity contribution in [3.05, 3.63) is 58.1 Å². The number of methoxy groups -OCH3 is 1. The number of non-ortho nitro benzene ring substituents is 1. The van der Waals surface area contributed by atoms with Crippen LogP contribution < -0.4 is 15.4 Å². The fourth-order valence-corrected chi connectivity index (χ4v) is 2.13. The molecule has 0 aliphatic heterocycles. The van der Waals surface area contributed by atoms with Crippen molar-refractivity contribution in [3.8, 4) is 11.8 Å². The first-order valence-electron chi connectivity index (χ1n) is 7.35. The molecule has 2 N–H and O–H groups in total. The molecule has 0 aromatic heterocycles. The quantitative estimate of drug-likeness (QED) is 0.591. The number of ether oxygens (including phenoxy) is 1. The molecule has 0 radical (unpaired) electrons. The van der Waals surface area contributed by atoms with E-state index in [9.17, 15) is 14.9 Å². The van der Waals surface area contributed by atoms with Gasteiger partial charge in [-0.05, 0) is 23.8 Å².